The van der Waals surface area contributed by atoms with Crippen LogP contribution in [-0.4, -0.2) is 30.6 Å². The van der Waals surface area contributed by atoms with E-state index in [1.807, 2.05) is 6.07 Å². The predicted octanol–water partition coefficient (Wildman–Crippen LogP) is 3.12. The first kappa shape index (κ1) is 18.2. The van der Waals surface area contributed by atoms with E-state index < -0.39 is 27.0 Å². The number of hydrazone groups is 1. The molecule has 1 atom stereocenters. The van der Waals surface area contributed by atoms with Crippen LogP contribution in [0.15, 0.2) is 68.8 Å². The summed E-state index contributed by atoms with van der Waals surface area (Å²) in [6.45, 7) is 1.59. The van der Waals surface area contributed by atoms with Crippen molar-refractivity contribution >= 4 is 44.7 Å². The van der Waals surface area contributed by atoms with Crippen LogP contribution >= 0.6 is 11.6 Å². The van der Waals surface area contributed by atoms with Crippen molar-refractivity contribution in [1.29, 1.82) is 0 Å². The Labute approximate surface area is 154 Å². The van der Waals surface area contributed by atoms with Gasteiger partial charge in [0.1, 0.15) is 10.1 Å². The van der Waals surface area contributed by atoms with Crippen molar-refractivity contribution in [3.8, 4) is 0 Å². The van der Waals surface area contributed by atoms with E-state index in [1.54, 1.807) is 31.2 Å². The van der Waals surface area contributed by atoms with Crippen LogP contribution in [0.25, 0.3) is 0 Å². The van der Waals surface area contributed by atoms with Crippen molar-refractivity contribution in [2.75, 3.05) is 5.01 Å². The predicted molar refractivity (Wildman–Crippen MR) is 94.8 cm³/mol. The topological polar surface area (TPSA) is 115 Å². The molecule has 0 aliphatic carbocycles. The molecule has 0 spiro atoms. The highest BCUT2D eigenvalue weighted by Gasteiger charge is 2.35. The molecular formula is C16H12ClN4O4S-. The second kappa shape index (κ2) is 6.94. The SMILES string of the molecule is CC1=NN(c2cc(S(=O)(=O)[O-])ccc2Cl)C(=O)C1N=Nc1ccccc1. The van der Waals surface area contributed by atoms with Crippen LogP contribution in [0.4, 0.5) is 11.4 Å². The molecule has 2 aromatic carbocycles. The zero-order valence-corrected chi connectivity index (χ0v) is 15.0. The second-order valence-corrected chi connectivity index (χ2v) is 7.20. The fraction of sp³-hybridized carbons (Fsp3) is 0.125. The minimum absolute atomic E-state index is 0.00893. The lowest BCUT2D eigenvalue weighted by Gasteiger charge is -2.16. The Kier molecular flexibility index (Phi) is 4.86. The lowest BCUT2D eigenvalue weighted by molar-refractivity contribution is -0.117. The van der Waals surface area contributed by atoms with E-state index in [0.29, 0.717) is 11.4 Å². The van der Waals surface area contributed by atoms with Gasteiger partial charge in [-0.05, 0) is 37.3 Å². The Morgan fingerprint density at radius 2 is 1.88 bits per heavy atom. The Balaban J connectivity index is 1.92. The van der Waals surface area contributed by atoms with Crippen LogP contribution in [0.1, 0.15) is 6.92 Å². The van der Waals surface area contributed by atoms with Crippen LogP contribution in [-0.2, 0) is 14.9 Å². The van der Waals surface area contributed by atoms with Gasteiger partial charge in [0.05, 0.1) is 27.0 Å². The van der Waals surface area contributed by atoms with Gasteiger partial charge in [0, 0.05) is 0 Å². The van der Waals surface area contributed by atoms with Gasteiger partial charge < -0.3 is 4.55 Å². The van der Waals surface area contributed by atoms with E-state index in [9.17, 15) is 17.8 Å². The van der Waals surface area contributed by atoms with Crippen molar-refractivity contribution in [3.05, 3.63) is 53.6 Å². The quantitative estimate of drug-likeness (QED) is 0.588. The first-order chi connectivity index (χ1) is 12.3. The number of halogens is 1. The van der Waals surface area contributed by atoms with Crippen molar-refractivity contribution in [2.24, 2.45) is 15.3 Å². The number of benzene rings is 2. The molecule has 0 saturated carbocycles. The highest BCUT2D eigenvalue weighted by Crippen LogP contribution is 2.32. The summed E-state index contributed by atoms with van der Waals surface area (Å²) in [4.78, 5) is 12.1. The van der Waals surface area contributed by atoms with Crippen molar-refractivity contribution < 1.29 is 17.8 Å². The van der Waals surface area contributed by atoms with E-state index in [2.05, 4.69) is 15.3 Å². The maximum absolute atomic E-state index is 12.6. The number of hydrogen-bond acceptors (Lipinski definition) is 7. The van der Waals surface area contributed by atoms with Crippen LogP contribution in [0.5, 0.6) is 0 Å². The Morgan fingerprint density at radius 3 is 2.54 bits per heavy atom. The van der Waals surface area contributed by atoms with Gasteiger partial charge in [-0.15, -0.1) is 0 Å². The van der Waals surface area contributed by atoms with Gasteiger partial charge in [0.2, 0.25) is 0 Å². The van der Waals surface area contributed by atoms with Crippen LogP contribution < -0.4 is 5.01 Å². The summed E-state index contributed by atoms with van der Waals surface area (Å²) in [6.07, 6.45) is 0. The molecule has 0 fully saturated rings. The van der Waals surface area contributed by atoms with Crippen LogP contribution in [0.3, 0.4) is 0 Å². The van der Waals surface area contributed by atoms with E-state index in [0.717, 1.165) is 17.1 Å². The molecular weight excluding hydrogens is 380 g/mol. The highest BCUT2D eigenvalue weighted by molar-refractivity contribution is 7.85. The molecule has 1 aliphatic heterocycles. The summed E-state index contributed by atoms with van der Waals surface area (Å²) >= 11 is 6.05. The van der Waals surface area contributed by atoms with E-state index in [1.165, 1.54) is 6.07 Å². The number of anilines is 1. The number of rotatable bonds is 4. The smallest absolute Gasteiger partial charge is 0.280 e. The number of azo groups is 1. The molecule has 1 amide bonds. The number of nitrogens with zero attached hydrogens (tertiary/aromatic N) is 4. The largest absolute Gasteiger partial charge is 0.744 e. The molecule has 2 aromatic rings. The number of carbonyl (C=O) groups excluding carboxylic acids is 1. The standard InChI is InChI=1S/C16H13ClN4O4S/c1-10-15(19-18-11-5-3-2-4-6-11)16(22)21(20-10)14-9-12(26(23,24)25)7-8-13(14)17/h2-9,15H,1H3,(H,23,24,25)/p-1. The van der Waals surface area contributed by atoms with E-state index >= 15 is 0 Å². The molecule has 1 aliphatic rings. The van der Waals surface area contributed by atoms with Gasteiger partial charge in [-0.3, -0.25) is 4.79 Å². The molecule has 0 radical (unpaired) electrons. The fourth-order valence-electron chi connectivity index (χ4n) is 2.29. The summed E-state index contributed by atoms with van der Waals surface area (Å²) in [5.74, 6) is -0.551. The Bertz CT molecular complexity index is 1020. The molecule has 26 heavy (non-hydrogen) atoms. The molecule has 10 heteroatoms. The van der Waals surface area contributed by atoms with E-state index in [-0.39, 0.29) is 10.7 Å². The molecule has 1 unspecified atom stereocenters. The monoisotopic (exact) mass is 391 g/mol. The minimum Gasteiger partial charge on any atom is -0.744 e. The third-order valence-corrected chi connectivity index (χ3v) is 4.73. The lowest BCUT2D eigenvalue weighted by atomic mass is 10.2. The zero-order chi connectivity index (χ0) is 18.9. The molecule has 1 heterocycles. The first-order valence-corrected chi connectivity index (χ1v) is 9.16. The molecule has 0 saturated heterocycles. The molecule has 8 nitrogen and oxygen atoms in total. The average Bonchev–Trinajstić information content (AvgIpc) is 2.87. The summed E-state index contributed by atoms with van der Waals surface area (Å²) in [6, 6.07) is 11.2. The average molecular weight is 392 g/mol. The fourth-order valence-corrected chi connectivity index (χ4v) is 2.98. The molecule has 0 N–H and O–H groups in total. The molecule has 0 bridgehead atoms. The third-order valence-electron chi connectivity index (χ3n) is 3.58. The summed E-state index contributed by atoms with van der Waals surface area (Å²) in [5, 5.41) is 13.1. The number of hydrogen-bond donors (Lipinski definition) is 0. The highest BCUT2D eigenvalue weighted by atomic mass is 35.5. The van der Waals surface area contributed by atoms with Gasteiger partial charge in [0.15, 0.2) is 6.04 Å². The normalized spacial score (nSPS) is 17.8. The van der Waals surface area contributed by atoms with Crippen molar-refractivity contribution in [3.63, 3.8) is 0 Å². The molecule has 134 valence electrons. The summed E-state index contributed by atoms with van der Waals surface area (Å²) in [7, 11) is -4.70. The zero-order valence-electron chi connectivity index (χ0n) is 13.4. The Morgan fingerprint density at radius 1 is 1.19 bits per heavy atom. The molecule has 0 aromatic heterocycles. The maximum atomic E-state index is 12.6. The van der Waals surface area contributed by atoms with Crippen molar-refractivity contribution in [1.82, 2.24) is 0 Å². The van der Waals surface area contributed by atoms with Crippen LogP contribution in [0.2, 0.25) is 5.02 Å². The summed E-state index contributed by atoms with van der Waals surface area (Å²) < 4.78 is 33.6. The van der Waals surface area contributed by atoms with Gasteiger partial charge in [-0.1, -0.05) is 29.8 Å². The Hall–Kier alpha value is -2.62. The van der Waals surface area contributed by atoms with E-state index in [4.69, 9.17) is 11.6 Å². The summed E-state index contributed by atoms with van der Waals surface area (Å²) in [5.41, 5.74) is 0.926. The van der Waals surface area contributed by atoms with Crippen LogP contribution in [0, 0.1) is 0 Å². The lowest BCUT2D eigenvalue weighted by Crippen LogP contribution is -2.30. The minimum atomic E-state index is -4.70. The third kappa shape index (κ3) is 3.64. The second-order valence-electron chi connectivity index (χ2n) is 5.41. The first-order valence-electron chi connectivity index (χ1n) is 7.38. The number of carbonyl (C=O) groups is 1. The van der Waals surface area contributed by atoms with Gasteiger partial charge in [0.25, 0.3) is 5.91 Å². The number of amides is 1. The molecule has 3 rings (SSSR count). The van der Waals surface area contributed by atoms with Gasteiger partial charge in [-0.2, -0.15) is 20.3 Å². The van der Waals surface area contributed by atoms with Crippen molar-refractivity contribution in [2.45, 2.75) is 17.9 Å². The van der Waals surface area contributed by atoms with Gasteiger partial charge >= 0.3 is 0 Å². The van der Waals surface area contributed by atoms with Gasteiger partial charge in [-0.25, -0.2) is 8.42 Å². The maximum Gasteiger partial charge on any atom is 0.280 e.